The number of phenols is 1. The van der Waals surface area contributed by atoms with Gasteiger partial charge in [-0.3, -0.25) is 10.1 Å². The zero-order valence-corrected chi connectivity index (χ0v) is 20.1. The lowest BCUT2D eigenvalue weighted by Crippen LogP contribution is -2.26. The zero-order chi connectivity index (χ0) is 24.7. The Morgan fingerprint density at radius 3 is 2.47 bits per heavy atom. The van der Waals surface area contributed by atoms with Crippen LogP contribution in [0.5, 0.6) is 11.5 Å². The average Bonchev–Trinajstić information content (AvgIpc) is 2.80. The van der Waals surface area contributed by atoms with Crippen LogP contribution in [0.3, 0.4) is 0 Å². The van der Waals surface area contributed by atoms with Gasteiger partial charge in [-0.05, 0) is 43.9 Å². The predicted octanol–water partition coefficient (Wildman–Crippen LogP) is 5.57. The summed E-state index contributed by atoms with van der Waals surface area (Å²) in [6.45, 7) is 9.01. The van der Waals surface area contributed by atoms with Gasteiger partial charge < -0.3 is 19.9 Å². The summed E-state index contributed by atoms with van der Waals surface area (Å²) in [4.78, 5) is 25.1. The molecular weight excluding hydrogens is 432 g/mol. The van der Waals surface area contributed by atoms with Gasteiger partial charge in [-0.15, -0.1) is 0 Å². The molecule has 3 N–H and O–H groups in total. The minimum Gasteiger partial charge on any atom is -0.506 e. The van der Waals surface area contributed by atoms with Crippen LogP contribution in [0.2, 0.25) is 0 Å². The van der Waals surface area contributed by atoms with E-state index in [4.69, 9.17) is 9.47 Å². The van der Waals surface area contributed by atoms with Crippen LogP contribution in [0.4, 0.5) is 10.5 Å². The number of aromatic hydroxyl groups is 1. The van der Waals surface area contributed by atoms with Crippen LogP contribution in [-0.2, 0) is 4.74 Å². The number of aryl methyl sites for hydroxylation is 2. The van der Waals surface area contributed by atoms with Crippen molar-refractivity contribution in [1.29, 1.82) is 0 Å². The molecule has 0 unspecified atom stereocenters. The molecule has 0 radical (unpaired) electrons. The third-order valence-electron chi connectivity index (χ3n) is 5.24. The first kappa shape index (κ1) is 24.9. The van der Waals surface area contributed by atoms with Crippen molar-refractivity contribution < 1.29 is 24.2 Å². The second-order valence-corrected chi connectivity index (χ2v) is 8.71. The highest BCUT2D eigenvalue weighted by atomic mass is 16.5. The van der Waals surface area contributed by atoms with Crippen LogP contribution >= 0.6 is 0 Å². The standard InChI is InChI=1S/C27H32N2O5/c1-17(2)16-34-27(32)29-23-15-22(25(30)21-9-6-5-8-20(21)23)26(31)28-12-7-13-33-24-11-10-18(3)14-19(24)4/h5-6,8-11,14-15,17,30H,7,12-13,16H2,1-4H3,(H,28,31)(H,29,32). The number of carbonyl (C=O) groups is 2. The number of rotatable bonds is 9. The molecule has 3 aromatic rings. The molecule has 0 heterocycles. The number of anilines is 1. The molecule has 0 saturated carbocycles. The highest BCUT2D eigenvalue weighted by Gasteiger charge is 2.18. The normalized spacial score (nSPS) is 10.9. The van der Waals surface area contributed by atoms with Crippen LogP contribution in [0.15, 0.2) is 48.5 Å². The Bertz CT molecular complexity index is 1170. The van der Waals surface area contributed by atoms with Crippen LogP contribution in [0, 0.1) is 19.8 Å². The number of carbonyl (C=O) groups excluding carboxylic acids is 2. The topological polar surface area (TPSA) is 96.9 Å². The fourth-order valence-corrected chi connectivity index (χ4v) is 3.54. The fraction of sp³-hybridized carbons (Fsp3) is 0.333. The Morgan fingerprint density at radius 2 is 1.76 bits per heavy atom. The number of hydrogen-bond acceptors (Lipinski definition) is 5. The molecule has 0 aliphatic heterocycles. The maximum absolute atomic E-state index is 12.8. The summed E-state index contributed by atoms with van der Waals surface area (Å²) < 4.78 is 11.0. The Balaban J connectivity index is 1.66. The van der Waals surface area contributed by atoms with Crippen LogP contribution in [-0.4, -0.2) is 36.9 Å². The van der Waals surface area contributed by atoms with Gasteiger partial charge in [0.05, 0.1) is 24.5 Å². The van der Waals surface area contributed by atoms with Crippen molar-refractivity contribution in [1.82, 2.24) is 5.32 Å². The first-order valence-corrected chi connectivity index (χ1v) is 11.4. The van der Waals surface area contributed by atoms with Crippen molar-refractivity contribution in [3.63, 3.8) is 0 Å². The summed E-state index contributed by atoms with van der Waals surface area (Å²) in [5, 5.41) is 17.3. The van der Waals surface area contributed by atoms with Crippen molar-refractivity contribution in [2.45, 2.75) is 34.1 Å². The number of hydrogen-bond donors (Lipinski definition) is 3. The third-order valence-corrected chi connectivity index (χ3v) is 5.24. The summed E-state index contributed by atoms with van der Waals surface area (Å²) in [5.74, 6) is 0.445. The van der Waals surface area contributed by atoms with E-state index in [0.29, 0.717) is 36.0 Å². The predicted molar refractivity (Wildman–Crippen MR) is 134 cm³/mol. The second-order valence-electron chi connectivity index (χ2n) is 8.71. The summed E-state index contributed by atoms with van der Waals surface area (Å²) in [7, 11) is 0. The fourth-order valence-electron chi connectivity index (χ4n) is 3.54. The molecule has 180 valence electrons. The molecule has 0 aromatic heterocycles. The summed E-state index contributed by atoms with van der Waals surface area (Å²) in [6.07, 6.45) is -0.0144. The van der Waals surface area contributed by atoms with E-state index in [0.717, 1.165) is 11.3 Å². The molecular formula is C27H32N2O5. The van der Waals surface area contributed by atoms with Crippen molar-refractivity contribution in [2.24, 2.45) is 5.92 Å². The molecule has 7 heteroatoms. The van der Waals surface area contributed by atoms with Gasteiger partial charge in [0.1, 0.15) is 11.5 Å². The minimum absolute atomic E-state index is 0.0770. The molecule has 0 aliphatic rings. The Kier molecular flexibility index (Phi) is 8.35. The molecule has 3 rings (SSSR count). The lowest BCUT2D eigenvalue weighted by Gasteiger charge is -2.15. The number of ether oxygens (including phenoxy) is 2. The molecule has 0 spiro atoms. The second kappa shape index (κ2) is 11.4. The number of phenolic OH excluding ortho intramolecular Hbond substituents is 1. The van der Waals surface area contributed by atoms with Gasteiger partial charge >= 0.3 is 6.09 Å². The van der Waals surface area contributed by atoms with E-state index in [-0.39, 0.29) is 23.8 Å². The minimum atomic E-state index is -0.612. The number of fused-ring (bicyclic) bond motifs is 1. The molecule has 7 nitrogen and oxygen atoms in total. The van der Waals surface area contributed by atoms with E-state index >= 15 is 0 Å². The van der Waals surface area contributed by atoms with E-state index in [2.05, 4.69) is 16.7 Å². The Morgan fingerprint density at radius 1 is 1.03 bits per heavy atom. The van der Waals surface area contributed by atoms with E-state index in [1.165, 1.54) is 11.6 Å². The first-order valence-electron chi connectivity index (χ1n) is 11.4. The maximum Gasteiger partial charge on any atom is 0.411 e. The largest absolute Gasteiger partial charge is 0.506 e. The Labute approximate surface area is 200 Å². The SMILES string of the molecule is Cc1ccc(OCCCNC(=O)c2cc(NC(=O)OCC(C)C)c3ccccc3c2O)c(C)c1. The van der Waals surface area contributed by atoms with Crippen LogP contribution in [0.25, 0.3) is 10.8 Å². The molecule has 0 bridgehead atoms. The van der Waals surface area contributed by atoms with Gasteiger partial charge in [0, 0.05) is 17.3 Å². The average molecular weight is 465 g/mol. The van der Waals surface area contributed by atoms with E-state index in [1.807, 2.05) is 39.8 Å². The number of benzene rings is 3. The van der Waals surface area contributed by atoms with E-state index < -0.39 is 12.0 Å². The van der Waals surface area contributed by atoms with Crippen molar-refractivity contribution in [2.75, 3.05) is 25.1 Å². The first-order chi connectivity index (χ1) is 16.3. The lowest BCUT2D eigenvalue weighted by molar-refractivity contribution is 0.0949. The number of amides is 2. The molecule has 34 heavy (non-hydrogen) atoms. The van der Waals surface area contributed by atoms with Crippen LogP contribution < -0.4 is 15.4 Å². The summed E-state index contributed by atoms with van der Waals surface area (Å²) in [5.41, 5.74) is 2.71. The monoisotopic (exact) mass is 464 g/mol. The highest BCUT2D eigenvalue weighted by Crippen LogP contribution is 2.34. The smallest absolute Gasteiger partial charge is 0.411 e. The van der Waals surface area contributed by atoms with E-state index in [9.17, 15) is 14.7 Å². The van der Waals surface area contributed by atoms with Crippen LogP contribution in [0.1, 0.15) is 41.8 Å². The summed E-state index contributed by atoms with van der Waals surface area (Å²) >= 11 is 0. The van der Waals surface area contributed by atoms with Crippen molar-refractivity contribution >= 4 is 28.5 Å². The van der Waals surface area contributed by atoms with Gasteiger partial charge in [0.2, 0.25) is 0 Å². The van der Waals surface area contributed by atoms with Gasteiger partial charge in [0.25, 0.3) is 5.91 Å². The molecule has 0 saturated heterocycles. The van der Waals surface area contributed by atoms with Gasteiger partial charge in [-0.25, -0.2) is 4.79 Å². The highest BCUT2D eigenvalue weighted by molar-refractivity contribution is 6.10. The summed E-state index contributed by atoms with van der Waals surface area (Å²) in [6, 6.07) is 14.5. The molecule has 0 aliphatic carbocycles. The molecule has 2 amide bonds. The van der Waals surface area contributed by atoms with Crippen molar-refractivity contribution in [3.05, 3.63) is 65.2 Å². The molecule has 0 fully saturated rings. The van der Waals surface area contributed by atoms with E-state index in [1.54, 1.807) is 24.3 Å². The quantitative estimate of drug-likeness (QED) is 0.284. The zero-order valence-electron chi connectivity index (χ0n) is 20.1. The van der Waals surface area contributed by atoms with Gasteiger partial charge in [-0.1, -0.05) is 55.8 Å². The third kappa shape index (κ3) is 6.41. The maximum atomic E-state index is 12.8. The van der Waals surface area contributed by atoms with Gasteiger partial charge in [0.15, 0.2) is 0 Å². The van der Waals surface area contributed by atoms with Gasteiger partial charge in [-0.2, -0.15) is 0 Å². The molecule has 0 atom stereocenters. The number of nitrogens with one attached hydrogen (secondary N) is 2. The Hall–Kier alpha value is -3.74. The van der Waals surface area contributed by atoms with Crippen molar-refractivity contribution in [3.8, 4) is 11.5 Å². The lowest BCUT2D eigenvalue weighted by atomic mass is 10.0. The molecule has 3 aromatic carbocycles.